The van der Waals surface area contributed by atoms with E-state index in [1.807, 2.05) is 35.2 Å². The van der Waals surface area contributed by atoms with E-state index in [-0.39, 0.29) is 17.2 Å². The van der Waals surface area contributed by atoms with Crippen LogP contribution in [0.25, 0.3) is 6.08 Å². The fraction of sp³-hybridized carbons (Fsp3) is 0.179. The molecule has 8 nitrogen and oxygen atoms in total. The number of anilines is 1. The lowest BCUT2D eigenvalue weighted by Gasteiger charge is -2.35. The van der Waals surface area contributed by atoms with Crippen LogP contribution in [0.1, 0.15) is 33.1 Å². The molecule has 3 aliphatic rings. The van der Waals surface area contributed by atoms with Gasteiger partial charge >= 0.3 is 0 Å². The summed E-state index contributed by atoms with van der Waals surface area (Å²) in [4.78, 5) is 55.6. The zero-order valence-corrected chi connectivity index (χ0v) is 20.3. The molecular weight excluding hydrogens is 494 g/mol. The molecule has 0 N–H and O–H groups in total. The van der Waals surface area contributed by atoms with Crippen molar-refractivity contribution in [2.45, 2.75) is 19.0 Å². The molecule has 9 heteroatoms. The Kier molecular flexibility index (Phi) is 5.24. The van der Waals surface area contributed by atoms with E-state index in [2.05, 4.69) is 0 Å². The SMILES string of the molecule is Cc1ccc([N+](=O)[O-])cc1N1C(=O)[C@@H]2[C@H](C1=O)[C@@H]1c3ccccc3C=CN1[C@@H]2C(=O)c1ccc(Cl)cc1. The molecule has 3 heterocycles. The number of aryl methyl sites for hydroxylation is 1. The fourth-order valence-corrected chi connectivity index (χ4v) is 5.96. The quantitative estimate of drug-likeness (QED) is 0.212. The lowest BCUT2D eigenvalue weighted by Crippen LogP contribution is -2.44. The van der Waals surface area contributed by atoms with Gasteiger partial charge in [0.15, 0.2) is 5.78 Å². The lowest BCUT2D eigenvalue weighted by atomic mass is 9.83. The first-order valence-electron chi connectivity index (χ1n) is 11.7. The van der Waals surface area contributed by atoms with Crippen molar-refractivity contribution < 1.29 is 19.3 Å². The van der Waals surface area contributed by atoms with Crippen molar-refractivity contribution in [2.75, 3.05) is 4.90 Å². The molecule has 6 rings (SSSR count). The van der Waals surface area contributed by atoms with Gasteiger partial charge in [-0.05, 0) is 54.0 Å². The highest BCUT2D eigenvalue weighted by molar-refractivity contribution is 6.30. The van der Waals surface area contributed by atoms with Crippen LogP contribution in [0.2, 0.25) is 5.02 Å². The summed E-state index contributed by atoms with van der Waals surface area (Å²) in [6.45, 7) is 1.69. The smallest absolute Gasteiger partial charge is 0.271 e. The highest BCUT2D eigenvalue weighted by atomic mass is 35.5. The number of benzene rings is 3. The van der Waals surface area contributed by atoms with E-state index in [0.29, 0.717) is 16.1 Å². The summed E-state index contributed by atoms with van der Waals surface area (Å²) in [6.07, 6.45) is 3.67. The maximum atomic E-state index is 14.0. The van der Waals surface area contributed by atoms with Gasteiger partial charge in [-0.15, -0.1) is 0 Å². The maximum Gasteiger partial charge on any atom is 0.271 e. The summed E-state index contributed by atoms with van der Waals surface area (Å²) < 4.78 is 0. The summed E-state index contributed by atoms with van der Waals surface area (Å²) in [7, 11) is 0. The van der Waals surface area contributed by atoms with Crippen LogP contribution in [-0.4, -0.2) is 33.5 Å². The maximum absolute atomic E-state index is 14.0. The first-order valence-corrected chi connectivity index (χ1v) is 12.1. The van der Waals surface area contributed by atoms with Gasteiger partial charge in [-0.25, -0.2) is 4.90 Å². The normalized spacial score (nSPS) is 23.6. The first-order chi connectivity index (χ1) is 17.8. The molecular formula is C28H20ClN3O5. The highest BCUT2D eigenvalue weighted by Crippen LogP contribution is 2.54. The number of ketones is 1. The molecule has 3 aromatic carbocycles. The number of rotatable bonds is 4. The van der Waals surface area contributed by atoms with E-state index in [1.54, 1.807) is 37.4 Å². The van der Waals surface area contributed by atoms with Gasteiger partial charge in [0, 0.05) is 28.9 Å². The molecule has 3 aliphatic heterocycles. The van der Waals surface area contributed by atoms with Crippen LogP contribution < -0.4 is 4.90 Å². The molecule has 37 heavy (non-hydrogen) atoms. The average molecular weight is 514 g/mol. The van der Waals surface area contributed by atoms with Gasteiger partial charge < -0.3 is 4.90 Å². The second-order valence-corrected chi connectivity index (χ2v) is 9.88. The van der Waals surface area contributed by atoms with Crippen molar-refractivity contribution in [1.29, 1.82) is 0 Å². The molecule has 184 valence electrons. The minimum atomic E-state index is -0.963. The molecule has 4 atom stereocenters. The Hall–Kier alpha value is -4.30. The van der Waals surface area contributed by atoms with E-state index >= 15 is 0 Å². The van der Waals surface area contributed by atoms with Crippen LogP contribution in [0.3, 0.4) is 0 Å². The zero-order valence-electron chi connectivity index (χ0n) is 19.6. The molecule has 0 saturated carbocycles. The molecule has 0 spiro atoms. The Bertz CT molecular complexity index is 1530. The van der Waals surface area contributed by atoms with E-state index in [0.717, 1.165) is 16.0 Å². The molecule has 2 saturated heterocycles. The zero-order chi connectivity index (χ0) is 26.0. The second-order valence-electron chi connectivity index (χ2n) is 9.44. The number of hydrogen-bond donors (Lipinski definition) is 0. The standard InChI is InChI=1S/C28H20ClN3O5/c1-15-6-11-19(32(36)37)14-21(15)31-27(34)22-23(28(31)35)25(26(33)17-7-9-18(29)10-8-17)30-13-12-16-4-2-3-5-20(16)24(22)30/h2-14,22-25H,1H3/t22-,23+,24-,25-/m0/s1. The number of hydrogen-bond acceptors (Lipinski definition) is 6. The molecule has 2 fully saturated rings. The van der Waals surface area contributed by atoms with E-state index in [4.69, 9.17) is 11.6 Å². The molecule has 2 amide bonds. The van der Waals surface area contributed by atoms with Crippen LogP contribution in [0.4, 0.5) is 11.4 Å². The van der Waals surface area contributed by atoms with Crippen LogP contribution in [0.15, 0.2) is 72.9 Å². The summed E-state index contributed by atoms with van der Waals surface area (Å²) in [5.74, 6) is -3.10. The van der Waals surface area contributed by atoms with Crippen molar-refractivity contribution in [3.8, 4) is 0 Å². The number of carbonyl (C=O) groups is 3. The number of fused-ring (bicyclic) bond motifs is 5. The average Bonchev–Trinajstić information content (AvgIpc) is 3.37. The predicted molar refractivity (Wildman–Crippen MR) is 137 cm³/mol. The van der Waals surface area contributed by atoms with E-state index < -0.39 is 40.7 Å². The number of nitro groups is 1. The molecule has 0 radical (unpaired) electrons. The van der Waals surface area contributed by atoms with E-state index in [9.17, 15) is 24.5 Å². The van der Waals surface area contributed by atoms with Gasteiger partial charge in [0.25, 0.3) is 5.69 Å². The third-order valence-electron chi connectivity index (χ3n) is 7.50. The number of nitrogens with zero attached hydrogens (tertiary/aromatic N) is 3. The third kappa shape index (κ3) is 3.40. The van der Waals surface area contributed by atoms with Crippen LogP contribution in [0, 0.1) is 28.9 Å². The van der Waals surface area contributed by atoms with Crippen molar-refractivity contribution in [3.63, 3.8) is 0 Å². The lowest BCUT2D eigenvalue weighted by molar-refractivity contribution is -0.384. The Morgan fingerprint density at radius 3 is 2.41 bits per heavy atom. The van der Waals surface area contributed by atoms with Crippen molar-refractivity contribution in [2.24, 2.45) is 11.8 Å². The van der Waals surface area contributed by atoms with E-state index in [1.165, 1.54) is 18.2 Å². The van der Waals surface area contributed by atoms with Gasteiger partial charge in [0.1, 0.15) is 6.04 Å². The summed E-state index contributed by atoms with van der Waals surface area (Å²) >= 11 is 6.02. The molecule has 0 aromatic heterocycles. The Morgan fingerprint density at radius 2 is 1.68 bits per heavy atom. The summed E-state index contributed by atoms with van der Waals surface area (Å²) in [6, 6.07) is 16.7. The predicted octanol–water partition coefficient (Wildman–Crippen LogP) is 4.95. The van der Waals surface area contributed by atoms with Crippen LogP contribution in [0.5, 0.6) is 0 Å². The van der Waals surface area contributed by atoms with Gasteiger partial charge in [-0.1, -0.05) is 41.9 Å². The second kappa shape index (κ2) is 8.38. The molecule has 0 bridgehead atoms. The van der Waals surface area contributed by atoms with Crippen molar-refractivity contribution >= 4 is 46.6 Å². The largest absolute Gasteiger partial charge is 0.358 e. The van der Waals surface area contributed by atoms with Gasteiger partial charge in [-0.2, -0.15) is 0 Å². The summed E-state index contributed by atoms with van der Waals surface area (Å²) in [5, 5.41) is 11.9. The Labute approximate surface area is 216 Å². The Morgan fingerprint density at radius 1 is 0.973 bits per heavy atom. The number of halogens is 1. The van der Waals surface area contributed by atoms with Gasteiger partial charge in [0.2, 0.25) is 11.8 Å². The van der Waals surface area contributed by atoms with Gasteiger partial charge in [-0.3, -0.25) is 24.5 Å². The number of carbonyl (C=O) groups excluding carboxylic acids is 3. The van der Waals surface area contributed by atoms with Crippen LogP contribution >= 0.6 is 11.6 Å². The number of Topliss-reactive ketones (excluding diaryl/α,β-unsaturated/α-hetero) is 1. The minimum absolute atomic E-state index is 0.169. The summed E-state index contributed by atoms with van der Waals surface area (Å²) in [5.41, 5.74) is 2.64. The number of imide groups is 1. The molecule has 3 aromatic rings. The number of amides is 2. The topological polar surface area (TPSA) is 101 Å². The third-order valence-corrected chi connectivity index (χ3v) is 7.76. The molecule has 0 aliphatic carbocycles. The Balaban J connectivity index is 1.51. The monoisotopic (exact) mass is 513 g/mol. The minimum Gasteiger partial charge on any atom is -0.358 e. The molecule has 0 unspecified atom stereocenters. The number of nitro benzene ring substituents is 1. The first kappa shape index (κ1) is 23.1. The highest BCUT2D eigenvalue weighted by Gasteiger charge is 2.64. The van der Waals surface area contributed by atoms with Crippen molar-refractivity contribution in [3.05, 3.63) is 110 Å². The van der Waals surface area contributed by atoms with Crippen molar-refractivity contribution in [1.82, 2.24) is 4.90 Å². The number of non-ortho nitro benzene ring substituents is 1. The fourth-order valence-electron chi connectivity index (χ4n) is 5.83. The van der Waals surface area contributed by atoms with Crippen LogP contribution in [-0.2, 0) is 9.59 Å². The van der Waals surface area contributed by atoms with Gasteiger partial charge in [0.05, 0.1) is 28.5 Å².